The molecule has 1 fully saturated rings. The van der Waals surface area contributed by atoms with E-state index >= 15 is 0 Å². The molecule has 3 N–H and O–H groups in total. The van der Waals surface area contributed by atoms with Gasteiger partial charge in [-0.3, -0.25) is 4.79 Å². The largest absolute Gasteiger partial charge is 0.376 e. The maximum Gasteiger partial charge on any atom is 0.251 e. The maximum absolute atomic E-state index is 11.4. The summed E-state index contributed by atoms with van der Waals surface area (Å²) in [5.74, 6) is -0.450. The molecule has 88 valence electrons. The Morgan fingerprint density at radius 2 is 2.56 bits per heavy atom. The Kier molecular flexibility index (Phi) is 3.31. The summed E-state index contributed by atoms with van der Waals surface area (Å²) in [6.07, 6.45) is 4.61. The summed E-state index contributed by atoms with van der Waals surface area (Å²) >= 11 is 0. The summed E-state index contributed by atoms with van der Waals surface area (Å²) in [7, 11) is 0. The van der Waals surface area contributed by atoms with Gasteiger partial charge in [0.1, 0.15) is 0 Å². The fourth-order valence-electron chi connectivity index (χ4n) is 1.90. The molecular formula is C10H16N4O2. The molecule has 2 rings (SSSR count). The first-order valence-corrected chi connectivity index (χ1v) is 5.45. The third-order valence-electron chi connectivity index (χ3n) is 2.93. The Bertz CT molecular complexity index is 309. The van der Waals surface area contributed by atoms with Crippen molar-refractivity contribution in [3.63, 3.8) is 0 Å². The molecule has 2 heterocycles. The first-order chi connectivity index (χ1) is 7.73. The third-order valence-corrected chi connectivity index (χ3v) is 2.93. The number of morpholine rings is 1. The number of nitrogens with zero attached hydrogens (tertiary/aromatic N) is 2. The molecule has 0 saturated carbocycles. The molecule has 16 heavy (non-hydrogen) atoms. The summed E-state index contributed by atoms with van der Waals surface area (Å²) < 4.78 is 5.55. The predicted molar refractivity (Wildman–Crippen MR) is 57.8 cm³/mol. The summed E-state index contributed by atoms with van der Waals surface area (Å²) in [5.41, 5.74) is 4.40. The molecule has 0 spiro atoms. The van der Waals surface area contributed by atoms with Crippen LogP contribution in [0.1, 0.15) is 12.8 Å². The highest BCUT2D eigenvalue weighted by Crippen LogP contribution is 2.26. The number of hydrogen-bond acceptors (Lipinski definition) is 5. The second-order valence-corrected chi connectivity index (χ2v) is 4.06. The van der Waals surface area contributed by atoms with E-state index in [2.05, 4.69) is 15.5 Å². The molecule has 0 aromatic heterocycles. The highest BCUT2D eigenvalue weighted by Gasteiger charge is 2.36. The molecule has 1 saturated heterocycles. The second-order valence-electron chi connectivity index (χ2n) is 4.06. The number of ether oxygens (including phenoxy) is 1. The van der Waals surface area contributed by atoms with E-state index in [1.807, 2.05) is 0 Å². The van der Waals surface area contributed by atoms with Crippen molar-refractivity contribution in [3.05, 3.63) is 12.3 Å². The molecule has 2 unspecified atom stereocenters. The SMILES string of the molecule is NC(=O)C1(CCC2CNCCO2)C=CN=N1. The van der Waals surface area contributed by atoms with Crippen molar-refractivity contribution in [3.8, 4) is 0 Å². The molecule has 6 heteroatoms. The second kappa shape index (κ2) is 4.71. The molecule has 1 amide bonds. The van der Waals surface area contributed by atoms with Crippen molar-refractivity contribution in [2.75, 3.05) is 19.7 Å². The van der Waals surface area contributed by atoms with Crippen LogP contribution < -0.4 is 11.1 Å². The van der Waals surface area contributed by atoms with E-state index in [-0.39, 0.29) is 6.10 Å². The Balaban J connectivity index is 1.89. The van der Waals surface area contributed by atoms with E-state index in [0.29, 0.717) is 13.0 Å². The van der Waals surface area contributed by atoms with Gasteiger partial charge in [-0.2, -0.15) is 10.2 Å². The van der Waals surface area contributed by atoms with Crippen LogP contribution in [0.5, 0.6) is 0 Å². The number of carbonyl (C=O) groups excluding carboxylic acids is 1. The Hall–Kier alpha value is -1.27. The van der Waals surface area contributed by atoms with Crippen molar-refractivity contribution in [2.45, 2.75) is 24.5 Å². The van der Waals surface area contributed by atoms with Crippen molar-refractivity contribution in [1.29, 1.82) is 0 Å². The summed E-state index contributed by atoms with van der Waals surface area (Å²) in [5, 5.41) is 10.9. The first kappa shape index (κ1) is 11.2. The van der Waals surface area contributed by atoms with Crippen LogP contribution in [0.15, 0.2) is 22.5 Å². The maximum atomic E-state index is 11.4. The number of primary amides is 1. The number of hydrogen-bond donors (Lipinski definition) is 2. The van der Waals surface area contributed by atoms with Gasteiger partial charge in [0.2, 0.25) is 0 Å². The zero-order chi connectivity index (χ0) is 11.4. The number of nitrogens with two attached hydrogens (primary N) is 1. The molecule has 0 aromatic carbocycles. The van der Waals surface area contributed by atoms with Crippen LogP contribution in [-0.2, 0) is 9.53 Å². The van der Waals surface area contributed by atoms with Gasteiger partial charge < -0.3 is 15.8 Å². The molecule has 0 radical (unpaired) electrons. The van der Waals surface area contributed by atoms with Crippen molar-refractivity contribution < 1.29 is 9.53 Å². The quantitative estimate of drug-likeness (QED) is 0.702. The molecule has 0 aliphatic carbocycles. The predicted octanol–water partition coefficient (Wildman–Crippen LogP) is -0.0414. The number of carbonyl (C=O) groups is 1. The number of amides is 1. The Labute approximate surface area is 93.9 Å². The number of nitrogens with one attached hydrogen (secondary N) is 1. The summed E-state index contributed by atoms with van der Waals surface area (Å²) in [6, 6.07) is 0. The van der Waals surface area contributed by atoms with Gasteiger partial charge in [0, 0.05) is 19.3 Å². The highest BCUT2D eigenvalue weighted by atomic mass is 16.5. The lowest BCUT2D eigenvalue weighted by Gasteiger charge is -2.26. The molecule has 6 nitrogen and oxygen atoms in total. The number of azo groups is 1. The molecule has 0 bridgehead atoms. The van der Waals surface area contributed by atoms with Gasteiger partial charge in [-0.15, -0.1) is 0 Å². The smallest absolute Gasteiger partial charge is 0.251 e. The van der Waals surface area contributed by atoms with E-state index in [1.54, 1.807) is 6.08 Å². The summed E-state index contributed by atoms with van der Waals surface area (Å²) in [4.78, 5) is 11.4. The van der Waals surface area contributed by atoms with Gasteiger partial charge in [0.25, 0.3) is 5.91 Å². The van der Waals surface area contributed by atoms with Gasteiger partial charge >= 0.3 is 0 Å². The van der Waals surface area contributed by atoms with Crippen LogP contribution in [0.4, 0.5) is 0 Å². The molecular weight excluding hydrogens is 208 g/mol. The summed E-state index contributed by atoms with van der Waals surface area (Å²) in [6.45, 7) is 2.42. The Morgan fingerprint density at radius 1 is 1.69 bits per heavy atom. The van der Waals surface area contributed by atoms with Crippen LogP contribution in [-0.4, -0.2) is 37.2 Å². The van der Waals surface area contributed by atoms with Crippen LogP contribution in [0, 0.1) is 0 Å². The molecule has 2 aliphatic rings. The van der Waals surface area contributed by atoms with Crippen molar-refractivity contribution in [1.82, 2.24) is 5.32 Å². The third kappa shape index (κ3) is 2.28. The van der Waals surface area contributed by atoms with Crippen LogP contribution in [0.3, 0.4) is 0 Å². The topological polar surface area (TPSA) is 89.1 Å². The lowest BCUT2D eigenvalue weighted by Crippen LogP contribution is -2.43. The van der Waals surface area contributed by atoms with E-state index in [0.717, 1.165) is 19.5 Å². The molecule has 0 aromatic rings. The van der Waals surface area contributed by atoms with Gasteiger partial charge in [-0.25, -0.2) is 0 Å². The lowest BCUT2D eigenvalue weighted by molar-refractivity contribution is -0.122. The van der Waals surface area contributed by atoms with Crippen LogP contribution in [0.25, 0.3) is 0 Å². The fourth-order valence-corrected chi connectivity index (χ4v) is 1.90. The van der Waals surface area contributed by atoms with Crippen molar-refractivity contribution in [2.24, 2.45) is 16.0 Å². The van der Waals surface area contributed by atoms with Gasteiger partial charge in [-0.05, 0) is 18.9 Å². The first-order valence-electron chi connectivity index (χ1n) is 5.45. The minimum absolute atomic E-state index is 0.133. The van der Waals surface area contributed by atoms with E-state index < -0.39 is 11.4 Å². The van der Waals surface area contributed by atoms with Gasteiger partial charge in [0.05, 0.1) is 12.7 Å². The normalized spacial score (nSPS) is 33.1. The average molecular weight is 224 g/mol. The van der Waals surface area contributed by atoms with Crippen molar-refractivity contribution >= 4 is 5.91 Å². The monoisotopic (exact) mass is 224 g/mol. The number of rotatable bonds is 4. The standard InChI is InChI=1S/C10H16N4O2/c11-9(15)10(3-4-13-14-10)2-1-8-7-12-5-6-16-8/h3-4,8,12H,1-2,5-7H2,(H2,11,15). The van der Waals surface area contributed by atoms with Gasteiger partial charge in [0.15, 0.2) is 5.54 Å². The average Bonchev–Trinajstić information content (AvgIpc) is 2.78. The van der Waals surface area contributed by atoms with Crippen LogP contribution in [0.2, 0.25) is 0 Å². The zero-order valence-corrected chi connectivity index (χ0v) is 9.06. The lowest BCUT2D eigenvalue weighted by atomic mass is 9.92. The Morgan fingerprint density at radius 3 is 3.12 bits per heavy atom. The zero-order valence-electron chi connectivity index (χ0n) is 9.06. The van der Waals surface area contributed by atoms with E-state index in [4.69, 9.17) is 10.5 Å². The molecule has 2 atom stereocenters. The van der Waals surface area contributed by atoms with Crippen LogP contribution >= 0.6 is 0 Å². The minimum Gasteiger partial charge on any atom is -0.376 e. The molecule has 2 aliphatic heterocycles. The van der Waals surface area contributed by atoms with E-state index in [1.165, 1.54) is 6.20 Å². The minimum atomic E-state index is -0.944. The fraction of sp³-hybridized carbons (Fsp3) is 0.700. The van der Waals surface area contributed by atoms with E-state index in [9.17, 15) is 4.79 Å². The van der Waals surface area contributed by atoms with Gasteiger partial charge in [-0.1, -0.05) is 0 Å². The highest BCUT2D eigenvalue weighted by molar-refractivity contribution is 5.87.